The zero-order chi connectivity index (χ0) is 13.1. The van der Waals surface area contributed by atoms with E-state index in [2.05, 4.69) is 43.1 Å². The molecule has 0 atom stereocenters. The molecule has 1 aromatic carbocycles. The van der Waals surface area contributed by atoms with Gasteiger partial charge in [-0.25, -0.2) is 4.98 Å². The molecule has 0 unspecified atom stereocenters. The normalized spacial score (nSPS) is 9.89. The van der Waals surface area contributed by atoms with Crippen LogP contribution in [0.3, 0.4) is 0 Å². The van der Waals surface area contributed by atoms with E-state index >= 15 is 0 Å². The molecule has 0 aliphatic rings. The molecule has 0 saturated heterocycles. The molecule has 0 N–H and O–H groups in total. The Morgan fingerprint density at radius 3 is 2.67 bits per heavy atom. The zero-order valence-corrected chi connectivity index (χ0v) is 10.8. The molecule has 2 rings (SSSR count). The summed E-state index contributed by atoms with van der Waals surface area (Å²) in [5, 5.41) is 9.11. The van der Waals surface area contributed by atoms with E-state index in [9.17, 15) is 0 Å². The molecule has 3 nitrogen and oxygen atoms in total. The van der Waals surface area contributed by atoms with Crippen LogP contribution < -0.4 is 4.90 Å². The molecule has 0 saturated carbocycles. The lowest BCUT2D eigenvalue weighted by atomic mass is 10.1. The number of aryl methyl sites for hydroxylation is 2. The molecule has 0 fully saturated rings. The summed E-state index contributed by atoms with van der Waals surface area (Å²) in [5.74, 6) is 0.687. The molecule has 3 heteroatoms. The van der Waals surface area contributed by atoms with Gasteiger partial charge in [-0.3, -0.25) is 0 Å². The molecule has 0 radical (unpaired) electrons. The third kappa shape index (κ3) is 2.18. The van der Waals surface area contributed by atoms with Gasteiger partial charge in [0.25, 0.3) is 0 Å². The Morgan fingerprint density at radius 1 is 1.22 bits per heavy atom. The van der Waals surface area contributed by atoms with Crippen LogP contribution in [0, 0.1) is 25.2 Å². The standard InChI is InChI=1S/C15H15N3/c1-11-6-7-14(12(2)9-11)18(3)15-13(10-16)5-4-8-17-15/h4-9H,1-3H3. The third-order valence-electron chi connectivity index (χ3n) is 2.94. The maximum Gasteiger partial charge on any atom is 0.150 e. The first kappa shape index (κ1) is 12.1. The number of rotatable bonds is 2. The van der Waals surface area contributed by atoms with Crippen LogP contribution in [0.4, 0.5) is 11.5 Å². The Kier molecular flexibility index (Phi) is 3.29. The predicted octanol–water partition coefficient (Wildman–Crippen LogP) is 3.34. The fourth-order valence-electron chi connectivity index (χ4n) is 2.05. The number of hydrogen-bond donors (Lipinski definition) is 0. The van der Waals surface area contributed by atoms with E-state index in [1.165, 1.54) is 11.1 Å². The quantitative estimate of drug-likeness (QED) is 0.804. The van der Waals surface area contributed by atoms with Crippen LogP contribution in [0.1, 0.15) is 16.7 Å². The largest absolute Gasteiger partial charge is 0.328 e. The summed E-state index contributed by atoms with van der Waals surface area (Å²) >= 11 is 0. The van der Waals surface area contributed by atoms with E-state index in [-0.39, 0.29) is 0 Å². The van der Waals surface area contributed by atoms with Gasteiger partial charge in [0.05, 0.1) is 5.56 Å². The third-order valence-corrected chi connectivity index (χ3v) is 2.94. The fraction of sp³-hybridized carbons (Fsp3) is 0.200. The summed E-state index contributed by atoms with van der Waals surface area (Å²) in [6, 6.07) is 12.0. The van der Waals surface area contributed by atoms with Gasteiger partial charge in [0, 0.05) is 18.9 Å². The fourth-order valence-corrected chi connectivity index (χ4v) is 2.05. The van der Waals surface area contributed by atoms with Crippen molar-refractivity contribution >= 4 is 11.5 Å². The lowest BCUT2D eigenvalue weighted by Crippen LogP contribution is -2.14. The minimum absolute atomic E-state index is 0.583. The molecule has 0 amide bonds. The number of nitrogens with zero attached hydrogens (tertiary/aromatic N) is 3. The Morgan fingerprint density at radius 2 is 2.00 bits per heavy atom. The van der Waals surface area contributed by atoms with Crippen molar-refractivity contribution in [2.75, 3.05) is 11.9 Å². The summed E-state index contributed by atoms with van der Waals surface area (Å²) in [7, 11) is 1.93. The summed E-state index contributed by atoms with van der Waals surface area (Å²) in [6.07, 6.45) is 1.70. The van der Waals surface area contributed by atoms with Gasteiger partial charge in [-0.05, 0) is 37.6 Å². The van der Waals surface area contributed by atoms with Gasteiger partial charge in [-0.15, -0.1) is 0 Å². The zero-order valence-electron chi connectivity index (χ0n) is 10.8. The average molecular weight is 237 g/mol. The van der Waals surface area contributed by atoms with Crippen LogP contribution in [-0.2, 0) is 0 Å². The molecule has 18 heavy (non-hydrogen) atoms. The van der Waals surface area contributed by atoms with Crippen LogP contribution in [0.2, 0.25) is 0 Å². The molecular formula is C15H15N3. The second kappa shape index (κ2) is 4.89. The molecule has 1 heterocycles. The Balaban J connectivity index is 2.48. The first-order valence-corrected chi connectivity index (χ1v) is 5.79. The van der Waals surface area contributed by atoms with Crippen molar-refractivity contribution in [1.82, 2.24) is 4.98 Å². The maximum atomic E-state index is 9.11. The van der Waals surface area contributed by atoms with Crippen molar-refractivity contribution in [1.29, 1.82) is 5.26 Å². The summed E-state index contributed by atoms with van der Waals surface area (Å²) < 4.78 is 0. The van der Waals surface area contributed by atoms with Crippen molar-refractivity contribution in [2.45, 2.75) is 13.8 Å². The lowest BCUT2D eigenvalue weighted by Gasteiger charge is -2.21. The van der Waals surface area contributed by atoms with Crippen molar-refractivity contribution in [3.63, 3.8) is 0 Å². The Labute approximate surface area is 107 Å². The number of nitriles is 1. The summed E-state index contributed by atoms with van der Waals surface area (Å²) in [4.78, 5) is 6.24. The van der Waals surface area contributed by atoms with E-state index in [1.807, 2.05) is 11.9 Å². The number of benzene rings is 1. The molecule has 0 aliphatic heterocycles. The highest BCUT2D eigenvalue weighted by Crippen LogP contribution is 2.27. The minimum atomic E-state index is 0.583. The summed E-state index contributed by atoms with van der Waals surface area (Å²) in [6.45, 7) is 4.13. The van der Waals surface area contributed by atoms with E-state index < -0.39 is 0 Å². The van der Waals surface area contributed by atoms with Crippen molar-refractivity contribution in [3.8, 4) is 6.07 Å². The van der Waals surface area contributed by atoms with E-state index in [0.717, 1.165) is 5.69 Å². The first-order chi connectivity index (χ1) is 8.63. The monoisotopic (exact) mass is 237 g/mol. The average Bonchev–Trinajstić information content (AvgIpc) is 2.38. The van der Waals surface area contributed by atoms with Crippen molar-refractivity contribution < 1.29 is 0 Å². The highest BCUT2D eigenvalue weighted by Gasteiger charge is 2.11. The van der Waals surface area contributed by atoms with Gasteiger partial charge in [-0.1, -0.05) is 17.7 Å². The first-order valence-electron chi connectivity index (χ1n) is 5.79. The second-order valence-corrected chi connectivity index (χ2v) is 4.34. The van der Waals surface area contributed by atoms with Gasteiger partial charge >= 0.3 is 0 Å². The number of hydrogen-bond acceptors (Lipinski definition) is 3. The van der Waals surface area contributed by atoms with Crippen LogP contribution in [-0.4, -0.2) is 12.0 Å². The maximum absolute atomic E-state index is 9.11. The predicted molar refractivity (Wildman–Crippen MR) is 72.9 cm³/mol. The molecule has 2 aromatic rings. The van der Waals surface area contributed by atoms with Gasteiger partial charge in [-0.2, -0.15) is 5.26 Å². The van der Waals surface area contributed by atoms with Crippen molar-refractivity contribution in [3.05, 3.63) is 53.2 Å². The smallest absolute Gasteiger partial charge is 0.150 e. The van der Waals surface area contributed by atoms with E-state index in [0.29, 0.717) is 11.4 Å². The summed E-state index contributed by atoms with van der Waals surface area (Å²) in [5.41, 5.74) is 4.05. The molecule has 90 valence electrons. The SMILES string of the molecule is Cc1ccc(N(C)c2ncccc2C#N)c(C)c1. The van der Waals surface area contributed by atoms with Crippen LogP contribution >= 0.6 is 0 Å². The van der Waals surface area contributed by atoms with Crippen LogP contribution in [0.5, 0.6) is 0 Å². The van der Waals surface area contributed by atoms with E-state index in [1.54, 1.807) is 18.3 Å². The van der Waals surface area contributed by atoms with Gasteiger partial charge in [0.2, 0.25) is 0 Å². The topological polar surface area (TPSA) is 39.9 Å². The lowest BCUT2D eigenvalue weighted by molar-refractivity contribution is 1.10. The Bertz CT molecular complexity index is 611. The van der Waals surface area contributed by atoms with E-state index in [4.69, 9.17) is 5.26 Å². The number of aromatic nitrogens is 1. The number of anilines is 2. The highest BCUT2D eigenvalue weighted by atomic mass is 15.2. The highest BCUT2D eigenvalue weighted by molar-refractivity contribution is 5.67. The van der Waals surface area contributed by atoms with Gasteiger partial charge in [0.1, 0.15) is 6.07 Å². The van der Waals surface area contributed by atoms with Gasteiger partial charge < -0.3 is 4.90 Å². The molecule has 0 spiro atoms. The Hall–Kier alpha value is -2.34. The molecule has 1 aromatic heterocycles. The number of pyridine rings is 1. The molecule has 0 aliphatic carbocycles. The molecule has 0 bridgehead atoms. The van der Waals surface area contributed by atoms with Gasteiger partial charge in [0.15, 0.2) is 5.82 Å². The van der Waals surface area contributed by atoms with Crippen LogP contribution in [0.25, 0.3) is 0 Å². The minimum Gasteiger partial charge on any atom is -0.328 e. The van der Waals surface area contributed by atoms with Crippen LogP contribution in [0.15, 0.2) is 36.5 Å². The second-order valence-electron chi connectivity index (χ2n) is 4.34. The molecular weight excluding hydrogens is 222 g/mol. The van der Waals surface area contributed by atoms with Crippen molar-refractivity contribution in [2.24, 2.45) is 0 Å².